The van der Waals surface area contributed by atoms with Gasteiger partial charge in [-0.05, 0) is 129 Å². The molecule has 0 aromatic carbocycles. The molecule has 0 saturated carbocycles. The Morgan fingerprint density at radius 1 is 0.675 bits per heavy atom. The predicted molar refractivity (Wildman–Crippen MR) is 286 cm³/mol. The summed E-state index contributed by atoms with van der Waals surface area (Å²) in [4.78, 5) is 139. The molecule has 23 N–H and O–H groups in total. The zero-order valence-electron chi connectivity index (χ0n) is 44.2. The van der Waals surface area contributed by atoms with Crippen LogP contribution in [0.2, 0.25) is 0 Å². The number of nitrogens with two attached hydrogens (primary N) is 7. The van der Waals surface area contributed by atoms with Crippen LogP contribution in [0.25, 0.3) is 0 Å². The highest BCUT2D eigenvalue weighted by atomic mass is 16.3. The zero-order chi connectivity index (χ0) is 57.1. The first kappa shape index (κ1) is 66.9. The molecule has 29 nitrogen and oxygen atoms in total. The maximum atomic E-state index is 14.4. The molecule has 1 aliphatic heterocycles. The summed E-state index contributed by atoms with van der Waals surface area (Å²) in [5, 5.41) is 35.6. The molecule has 1 fully saturated rings. The Labute approximate surface area is 449 Å². The van der Waals surface area contributed by atoms with Crippen molar-refractivity contribution in [1.29, 1.82) is 0 Å². The molecule has 2 rings (SSSR count). The number of unbranched alkanes of at least 4 members (excludes halogenated alkanes) is 4. The number of carbonyl (C=O) groups excluding carboxylic acids is 9. The largest absolute Gasteiger partial charge is 0.391 e. The second-order valence-corrected chi connectivity index (χ2v) is 18.6. The first-order valence-corrected chi connectivity index (χ1v) is 26.5. The van der Waals surface area contributed by atoms with Gasteiger partial charge in [0.2, 0.25) is 29.5 Å². The molecule has 1 aromatic rings. The number of likely N-dealkylation sites (tertiary alicyclic amines) is 1. The Kier molecular flexibility index (Phi) is 33.4. The van der Waals surface area contributed by atoms with Crippen LogP contribution in [0.4, 0.5) is 0 Å². The van der Waals surface area contributed by atoms with Crippen LogP contribution < -0.4 is 72.0 Å². The SMILES string of the molecule is NCCCCNC(=O)[C@H](CCCCN)NC(=O)C(CCCCN)=NC(=O)[C@H](CCCCN)NC(=O)[C@H](Cc1cnc[nH]1)NC(=O)[C@@H]1CCCN1C(=O)C(CCCN)=NC(=O)CNC(=O)[C@@H](NC(=O)C[C@@H](O)CN)[C@@H](O)CN. The normalized spacial score (nSPS) is 16.1. The van der Waals surface area contributed by atoms with Crippen LogP contribution in [0, 0.1) is 0 Å². The van der Waals surface area contributed by atoms with Gasteiger partial charge in [0.05, 0.1) is 31.5 Å². The van der Waals surface area contributed by atoms with E-state index in [-0.39, 0.29) is 82.5 Å². The molecule has 2 heterocycles. The summed E-state index contributed by atoms with van der Waals surface area (Å²) < 4.78 is 0. The third kappa shape index (κ3) is 25.2. The van der Waals surface area contributed by atoms with Crippen molar-refractivity contribution >= 4 is 64.6 Å². The summed E-state index contributed by atoms with van der Waals surface area (Å²) in [6.07, 6.45) is 4.48. The minimum Gasteiger partial charge on any atom is -0.391 e. The van der Waals surface area contributed by atoms with E-state index < -0.39 is 115 Å². The number of hydrogen-bond donors (Lipinski definition) is 16. The lowest BCUT2D eigenvalue weighted by atomic mass is 10.0. The number of H-pyrrole nitrogens is 1. The Balaban J connectivity index is 2.42. The fraction of sp³-hybridized carbons (Fsp3) is 0.708. The lowest BCUT2D eigenvalue weighted by molar-refractivity contribution is -0.136. The number of nitrogens with one attached hydrogen (secondary N) is 7. The molecular formula is C48H86N18O11. The van der Waals surface area contributed by atoms with Gasteiger partial charge in [-0.25, -0.2) is 15.0 Å². The minimum absolute atomic E-state index is 0.0230. The molecule has 29 heteroatoms. The highest BCUT2D eigenvalue weighted by Gasteiger charge is 2.39. The number of aromatic amines is 1. The Bertz CT molecular complexity index is 2080. The van der Waals surface area contributed by atoms with E-state index in [0.717, 1.165) is 0 Å². The second-order valence-electron chi connectivity index (χ2n) is 18.6. The standard InChI is InChI=1S/C48H86N18O11/c49-16-4-1-11-32(42(71)57-21-8-7-19-52)61-43(72)33(12-2-5-17-50)62-44(73)34(13-3-6-18-51)63-45(74)36(23-30-27-56-29-59-30)64-46(75)37-15-10-22-66(37)48(77)35(14-9-20-53)60-40(70)28-58-47(76)41(38(68)26-55)65-39(69)24-31(67)25-54/h27,29,31-32,34,36-38,41,67-68H,1-26,28,49-55H2,(H,56,59)(H,57,71)(H,58,76)(H,61,72)(H,63,74)(H,64,75)(H,65,69)/t31-,32+,34+,36+,37+,38+,41+/m1/s1. The van der Waals surface area contributed by atoms with E-state index in [1.165, 1.54) is 17.4 Å². The van der Waals surface area contributed by atoms with E-state index in [2.05, 4.69) is 51.9 Å². The van der Waals surface area contributed by atoms with Crippen LogP contribution in [0.15, 0.2) is 22.5 Å². The van der Waals surface area contributed by atoms with Gasteiger partial charge in [0, 0.05) is 44.5 Å². The average Bonchev–Trinajstić information content (AvgIpc) is 4.14. The van der Waals surface area contributed by atoms with Crippen LogP contribution in [0.3, 0.4) is 0 Å². The molecule has 7 atom stereocenters. The Morgan fingerprint density at radius 3 is 1.94 bits per heavy atom. The zero-order valence-corrected chi connectivity index (χ0v) is 44.2. The van der Waals surface area contributed by atoms with E-state index in [1.54, 1.807) is 0 Å². The number of aromatic nitrogens is 2. The van der Waals surface area contributed by atoms with Crippen LogP contribution >= 0.6 is 0 Å². The number of carbonyl (C=O) groups is 9. The molecule has 1 saturated heterocycles. The third-order valence-corrected chi connectivity index (χ3v) is 12.3. The number of aliphatic imine (C=N–C) groups is 2. The van der Waals surface area contributed by atoms with E-state index >= 15 is 0 Å². The van der Waals surface area contributed by atoms with Crippen LogP contribution in [0.5, 0.6) is 0 Å². The summed E-state index contributed by atoms with van der Waals surface area (Å²) in [7, 11) is 0. The van der Waals surface area contributed by atoms with Crippen LogP contribution in [-0.4, -0.2) is 198 Å². The highest BCUT2D eigenvalue weighted by Crippen LogP contribution is 2.20. The van der Waals surface area contributed by atoms with Crippen molar-refractivity contribution in [3.8, 4) is 0 Å². The number of aliphatic hydroxyl groups is 2. The van der Waals surface area contributed by atoms with Crippen molar-refractivity contribution in [3.63, 3.8) is 0 Å². The van der Waals surface area contributed by atoms with Crippen molar-refractivity contribution in [2.45, 2.75) is 152 Å². The summed E-state index contributed by atoms with van der Waals surface area (Å²) in [6.45, 7) is 0.420. The monoisotopic (exact) mass is 1090 g/mol. The molecule has 0 bridgehead atoms. The molecule has 0 unspecified atom stereocenters. The summed E-state index contributed by atoms with van der Waals surface area (Å²) in [5.41, 5.74) is 39.4. The molecule has 0 spiro atoms. The molecule has 0 aliphatic carbocycles. The molecule has 77 heavy (non-hydrogen) atoms. The van der Waals surface area contributed by atoms with Crippen molar-refractivity contribution in [1.82, 2.24) is 46.8 Å². The van der Waals surface area contributed by atoms with Gasteiger partial charge in [0.1, 0.15) is 41.6 Å². The van der Waals surface area contributed by atoms with Gasteiger partial charge >= 0.3 is 0 Å². The van der Waals surface area contributed by atoms with Crippen molar-refractivity contribution in [2.24, 2.45) is 50.1 Å². The first-order valence-electron chi connectivity index (χ1n) is 26.5. The molecule has 434 valence electrons. The molecule has 9 amide bonds. The number of aliphatic hydroxyl groups excluding tert-OH is 2. The lowest BCUT2D eigenvalue weighted by Gasteiger charge is -2.27. The van der Waals surface area contributed by atoms with Gasteiger partial charge in [-0.3, -0.25) is 43.2 Å². The fourth-order valence-electron chi connectivity index (χ4n) is 7.98. The first-order chi connectivity index (χ1) is 37.0. The van der Waals surface area contributed by atoms with Crippen LogP contribution in [0.1, 0.15) is 108 Å². The van der Waals surface area contributed by atoms with Gasteiger partial charge in [-0.15, -0.1) is 0 Å². The number of hydrogen-bond acceptors (Lipinski definition) is 19. The maximum Gasteiger partial charge on any atom is 0.269 e. The van der Waals surface area contributed by atoms with Gasteiger partial charge in [-0.2, -0.15) is 0 Å². The van der Waals surface area contributed by atoms with Gasteiger partial charge in [-0.1, -0.05) is 0 Å². The smallest absolute Gasteiger partial charge is 0.269 e. The van der Waals surface area contributed by atoms with Gasteiger partial charge in [0.15, 0.2) is 0 Å². The number of amides is 9. The van der Waals surface area contributed by atoms with E-state index in [0.29, 0.717) is 89.7 Å². The minimum atomic E-state index is -1.62. The highest BCUT2D eigenvalue weighted by molar-refractivity contribution is 6.41. The molecule has 0 radical (unpaired) electrons. The lowest BCUT2D eigenvalue weighted by Crippen LogP contribution is -2.56. The number of rotatable bonds is 39. The maximum absolute atomic E-state index is 14.4. The Hall–Kier alpha value is -6.18. The quantitative estimate of drug-likeness (QED) is 0.0215. The van der Waals surface area contributed by atoms with Crippen molar-refractivity contribution in [3.05, 3.63) is 18.2 Å². The molecule has 1 aliphatic rings. The Morgan fingerprint density at radius 2 is 1.31 bits per heavy atom. The second kappa shape index (κ2) is 38.4. The van der Waals surface area contributed by atoms with Gasteiger partial charge < -0.3 is 92.1 Å². The molecule has 1 aromatic heterocycles. The topological polar surface area (TPSA) is 505 Å². The van der Waals surface area contributed by atoms with Gasteiger partial charge in [0.25, 0.3) is 23.6 Å². The summed E-state index contributed by atoms with van der Waals surface area (Å²) in [5.74, 6) is -7.20. The third-order valence-electron chi connectivity index (χ3n) is 12.3. The summed E-state index contributed by atoms with van der Waals surface area (Å²) in [6, 6.07) is -6.42. The van der Waals surface area contributed by atoms with E-state index in [9.17, 15) is 53.4 Å². The van der Waals surface area contributed by atoms with Crippen molar-refractivity contribution < 1.29 is 53.4 Å². The molecular weight excluding hydrogens is 1000 g/mol. The number of imidazole rings is 1. The van der Waals surface area contributed by atoms with E-state index in [4.69, 9.17) is 40.1 Å². The average molecular weight is 1090 g/mol. The van der Waals surface area contributed by atoms with E-state index in [1.807, 2.05) is 0 Å². The van der Waals surface area contributed by atoms with Crippen molar-refractivity contribution in [2.75, 3.05) is 65.4 Å². The predicted octanol–water partition coefficient (Wildman–Crippen LogP) is -6.06. The number of nitrogens with zero attached hydrogens (tertiary/aromatic N) is 4. The summed E-state index contributed by atoms with van der Waals surface area (Å²) >= 11 is 0. The fourth-order valence-corrected chi connectivity index (χ4v) is 7.98. The van der Waals surface area contributed by atoms with Crippen LogP contribution in [-0.2, 0) is 49.6 Å².